The van der Waals surface area contributed by atoms with E-state index in [9.17, 15) is 9.59 Å². The van der Waals surface area contributed by atoms with Gasteiger partial charge in [-0.15, -0.1) is 0 Å². The van der Waals surface area contributed by atoms with Crippen molar-refractivity contribution < 1.29 is 28.5 Å². The quantitative estimate of drug-likeness (QED) is 0.413. The number of hydrogen-bond acceptors (Lipinski definition) is 8. The van der Waals surface area contributed by atoms with Crippen LogP contribution < -0.4 is 25.4 Å². The van der Waals surface area contributed by atoms with Crippen molar-refractivity contribution in [2.75, 3.05) is 63.5 Å². The summed E-state index contributed by atoms with van der Waals surface area (Å²) in [7, 11) is 1.35. The summed E-state index contributed by atoms with van der Waals surface area (Å²) in [5.74, 6) is 1.11. The Morgan fingerprint density at radius 3 is 2.60 bits per heavy atom. The molecule has 40 heavy (non-hydrogen) atoms. The predicted octanol–water partition coefficient (Wildman–Crippen LogP) is 4.09. The molecule has 3 aromatic carbocycles. The molecule has 2 heterocycles. The number of amides is 2. The van der Waals surface area contributed by atoms with Crippen LogP contribution in [0.5, 0.6) is 11.5 Å². The van der Waals surface area contributed by atoms with E-state index in [-0.39, 0.29) is 12.7 Å². The number of nitrogens with one attached hydrogen (secondary N) is 1. The molecular weight excluding hydrogens is 512 g/mol. The summed E-state index contributed by atoms with van der Waals surface area (Å²) >= 11 is 0. The van der Waals surface area contributed by atoms with Gasteiger partial charge in [0.1, 0.15) is 0 Å². The van der Waals surface area contributed by atoms with Crippen molar-refractivity contribution in [2.24, 2.45) is 5.73 Å². The van der Waals surface area contributed by atoms with Gasteiger partial charge in [-0.2, -0.15) is 0 Å². The summed E-state index contributed by atoms with van der Waals surface area (Å²) in [4.78, 5) is 29.6. The monoisotopic (exact) mass is 546 g/mol. The number of nitrogens with two attached hydrogens (primary N) is 1. The molecule has 3 N–H and O–H groups in total. The number of benzene rings is 3. The summed E-state index contributed by atoms with van der Waals surface area (Å²) < 4.78 is 21.2. The molecule has 0 saturated carbocycles. The summed E-state index contributed by atoms with van der Waals surface area (Å²) in [6.45, 7) is 4.31. The first kappa shape index (κ1) is 27.3. The molecule has 3 aromatic rings. The van der Waals surface area contributed by atoms with Crippen LogP contribution in [-0.2, 0) is 16.0 Å². The van der Waals surface area contributed by atoms with E-state index in [0.29, 0.717) is 62.0 Å². The molecule has 10 heteroatoms. The average molecular weight is 547 g/mol. The Balaban J connectivity index is 1.39. The van der Waals surface area contributed by atoms with E-state index in [4.69, 9.17) is 24.7 Å². The molecule has 2 amide bonds. The fraction of sp³-hybridized carbons (Fsp3) is 0.333. The van der Waals surface area contributed by atoms with Crippen molar-refractivity contribution in [3.8, 4) is 22.6 Å². The molecule has 0 aliphatic carbocycles. The van der Waals surface area contributed by atoms with Crippen molar-refractivity contribution in [3.63, 3.8) is 0 Å². The zero-order chi connectivity index (χ0) is 27.9. The Morgan fingerprint density at radius 1 is 1.00 bits per heavy atom. The van der Waals surface area contributed by atoms with Crippen molar-refractivity contribution in [3.05, 3.63) is 71.8 Å². The second kappa shape index (κ2) is 12.7. The zero-order valence-electron chi connectivity index (χ0n) is 22.6. The van der Waals surface area contributed by atoms with E-state index < -0.39 is 6.09 Å². The van der Waals surface area contributed by atoms with Crippen LogP contribution in [0.25, 0.3) is 11.1 Å². The molecule has 0 unspecified atom stereocenters. The highest BCUT2D eigenvalue weighted by atomic mass is 16.7. The minimum atomic E-state index is -0.530. The van der Waals surface area contributed by atoms with Crippen molar-refractivity contribution in [2.45, 2.75) is 13.0 Å². The van der Waals surface area contributed by atoms with Gasteiger partial charge in [0, 0.05) is 31.7 Å². The summed E-state index contributed by atoms with van der Waals surface area (Å²) in [5, 5.41) is 2.86. The number of carbonyl (C=O) groups excluding carboxylic acids is 2. The highest BCUT2D eigenvalue weighted by molar-refractivity contribution is 5.95. The second-order valence-electron chi connectivity index (χ2n) is 9.59. The van der Waals surface area contributed by atoms with Crippen LogP contribution in [0.2, 0.25) is 0 Å². The first-order valence-corrected chi connectivity index (χ1v) is 13.4. The molecule has 1 saturated heterocycles. The number of methoxy groups -OCH3 is 1. The van der Waals surface area contributed by atoms with Crippen molar-refractivity contribution in [1.29, 1.82) is 0 Å². The van der Waals surface area contributed by atoms with Crippen LogP contribution in [0.1, 0.15) is 22.3 Å². The normalized spacial score (nSPS) is 14.1. The molecule has 5 rings (SSSR count). The van der Waals surface area contributed by atoms with Crippen molar-refractivity contribution in [1.82, 2.24) is 4.90 Å². The maximum absolute atomic E-state index is 13.5. The van der Waals surface area contributed by atoms with E-state index in [1.54, 1.807) is 23.1 Å². The maximum Gasteiger partial charge on any atom is 0.411 e. The minimum absolute atomic E-state index is 0.100. The molecular formula is C30H34N4O6. The van der Waals surface area contributed by atoms with Crippen LogP contribution in [0, 0.1) is 0 Å². The van der Waals surface area contributed by atoms with Crippen LogP contribution in [0.3, 0.4) is 0 Å². The molecule has 2 aliphatic rings. The third-order valence-electron chi connectivity index (χ3n) is 6.94. The van der Waals surface area contributed by atoms with Crippen LogP contribution in [0.15, 0.2) is 60.7 Å². The fourth-order valence-corrected chi connectivity index (χ4v) is 4.87. The molecule has 10 nitrogen and oxygen atoms in total. The zero-order valence-corrected chi connectivity index (χ0v) is 22.6. The first-order chi connectivity index (χ1) is 19.6. The average Bonchev–Trinajstić information content (AvgIpc) is 3.47. The standard InChI is InChI=1S/C30H34N4O6/c1-37-30(36)32-25-17-23(6-8-26(25)33-12-14-38-15-13-33)22-5-2-4-21(16-22)19-34(11-3-10-31)29(35)24-7-9-27-28(18-24)40-20-39-27/h2,4-9,16-18H,3,10-15,19-20,31H2,1H3,(H,32,36). The third kappa shape index (κ3) is 6.30. The number of nitrogens with zero attached hydrogens (tertiary/aromatic N) is 2. The van der Waals surface area contributed by atoms with Gasteiger partial charge in [-0.25, -0.2) is 4.79 Å². The van der Waals surface area contributed by atoms with Gasteiger partial charge in [-0.05, 0) is 66.1 Å². The predicted molar refractivity (Wildman–Crippen MR) is 152 cm³/mol. The Kier molecular flexibility index (Phi) is 8.68. The SMILES string of the molecule is COC(=O)Nc1cc(-c2cccc(CN(CCCN)C(=O)c3ccc4c(c3)OCO4)c2)ccc1N1CCOCC1. The summed E-state index contributed by atoms with van der Waals surface area (Å²) in [6, 6.07) is 19.3. The second-order valence-corrected chi connectivity index (χ2v) is 9.59. The van der Waals surface area contributed by atoms with Gasteiger partial charge in [-0.3, -0.25) is 10.1 Å². The largest absolute Gasteiger partial charge is 0.454 e. The lowest BCUT2D eigenvalue weighted by Gasteiger charge is -2.30. The van der Waals surface area contributed by atoms with Gasteiger partial charge in [0.25, 0.3) is 5.91 Å². The van der Waals surface area contributed by atoms with Gasteiger partial charge in [0.2, 0.25) is 6.79 Å². The highest BCUT2D eigenvalue weighted by Crippen LogP contribution is 2.34. The van der Waals surface area contributed by atoms with Gasteiger partial charge in [-0.1, -0.05) is 24.3 Å². The van der Waals surface area contributed by atoms with Gasteiger partial charge in [0.15, 0.2) is 11.5 Å². The van der Waals surface area contributed by atoms with E-state index in [0.717, 1.165) is 35.5 Å². The summed E-state index contributed by atoms with van der Waals surface area (Å²) in [6.07, 6.45) is 0.152. The van der Waals surface area contributed by atoms with E-state index in [1.165, 1.54) is 7.11 Å². The van der Waals surface area contributed by atoms with Crippen LogP contribution in [-0.4, -0.2) is 70.2 Å². The Morgan fingerprint density at radius 2 is 1.80 bits per heavy atom. The number of hydrogen-bond donors (Lipinski definition) is 2. The van der Waals surface area contributed by atoms with E-state index in [2.05, 4.69) is 16.3 Å². The molecule has 0 aromatic heterocycles. The Hall–Kier alpha value is -4.28. The first-order valence-electron chi connectivity index (χ1n) is 13.4. The molecule has 0 bridgehead atoms. The number of carbonyl (C=O) groups is 2. The minimum Gasteiger partial charge on any atom is -0.454 e. The van der Waals surface area contributed by atoms with E-state index in [1.807, 2.05) is 36.4 Å². The number of fused-ring (bicyclic) bond motifs is 1. The number of anilines is 2. The Labute approximate surface area is 233 Å². The van der Waals surface area contributed by atoms with Crippen LogP contribution >= 0.6 is 0 Å². The maximum atomic E-state index is 13.5. The number of ether oxygens (including phenoxy) is 4. The van der Waals surface area contributed by atoms with Gasteiger partial charge in [0.05, 0.1) is 31.7 Å². The van der Waals surface area contributed by atoms with Gasteiger partial charge < -0.3 is 34.5 Å². The molecule has 0 radical (unpaired) electrons. The lowest BCUT2D eigenvalue weighted by atomic mass is 10.0. The topological polar surface area (TPSA) is 116 Å². The fourth-order valence-electron chi connectivity index (χ4n) is 4.87. The molecule has 0 spiro atoms. The lowest BCUT2D eigenvalue weighted by Crippen LogP contribution is -2.36. The number of rotatable bonds is 9. The Bertz CT molecular complexity index is 1360. The van der Waals surface area contributed by atoms with Crippen LogP contribution in [0.4, 0.5) is 16.2 Å². The molecule has 210 valence electrons. The molecule has 1 fully saturated rings. The smallest absolute Gasteiger partial charge is 0.411 e. The lowest BCUT2D eigenvalue weighted by molar-refractivity contribution is 0.0741. The molecule has 0 atom stereocenters. The van der Waals surface area contributed by atoms with Gasteiger partial charge >= 0.3 is 6.09 Å². The van der Waals surface area contributed by atoms with Crippen molar-refractivity contribution >= 4 is 23.4 Å². The summed E-state index contributed by atoms with van der Waals surface area (Å²) in [5.41, 5.74) is 10.8. The molecule has 2 aliphatic heterocycles. The highest BCUT2D eigenvalue weighted by Gasteiger charge is 2.21. The third-order valence-corrected chi connectivity index (χ3v) is 6.94. The van der Waals surface area contributed by atoms with E-state index >= 15 is 0 Å². The number of morpholine rings is 1.